The van der Waals surface area contributed by atoms with Crippen molar-refractivity contribution in [2.45, 2.75) is 20.1 Å². The van der Waals surface area contributed by atoms with Crippen LogP contribution in [0, 0.1) is 0 Å². The van der Waals surface area contributed by atoms with Crippen molar-refractivity contribution in [1.29, 1.82) is 0 Å². The zero-order valence-corrected chi connectivity index (χ0v) is 21.5. The highest BCUT2D eigenvalue weighted by Crippen LogP contribution is 2.38. The number of imide groups is 2. The molecule has 0 aliphatic carbocycles. The molecule has 0 radical (unpaired) electrons. The fourth-order valence-corrected chi connectivity index (χ4v) is 3.93. The number of hydrogen-bond acceptors (Lipinski definition) is 7. The van der Waals surface area contributed by atoms with E-state index in [2.05, 4.69) is 0 Å². The van der Waals surface area contributed by atoms with Crippen molar-refractivity contribution >= 4 is 35.5 Å². The van der Waals surface area contributed by atoms with Gasteiger partial charge < -0.3 is 18.9 Å². The topological polar surface area (TPSA) is 112 Å². The van der Waals surface area contributed by atoms with Crippen LogP contribution in [-0.4, -0.2) is 31.6 Å². The fourth-order valence-electron chi connectivity index (χ4n) is 3.66. The average Bonchev–Trinajstić information content (AvgIpc) is 2.90. The highest BCUT2D eigenvalue weighted by Gasteiger charge is 2.28. The Balaban J connectivity index is 1.51. The van der Waals surface area contributed by atoms with E-state index >= 15 is 0 Å². The lowest BCUT2D eigenvalue weighted by Crippen LogP contribution is -2.51. The van der Waals surface area contributed by atoms with E-state index in [4.69, 9.17) is 30.5 Å². The molecule has 3 aromatic rings. The molecule has 0 saturated carbocycles. The second-order valence-electron chi connectivity index (χ2n) is 8.11. The minimum Gasteiger partial charge on any atom is -0.493 e. The summed E-state index contributed by atoms with van der Waals surface area (Å²) in [6, 6.07) is 17.6. The molecular formula is C28H25ClN2O7. The number of hydrogen-bond donors (Lipinski definition) is 2. The predicted octanol–water partition coefficient (Wildman–Crippen LogP) is 4.65. The summed E-state index contributed by atoms with van der Waals surface area (Å²) in [5.41, 5.74) is 2.02. The summed E-state index contributed by atoms with van der Waals surface area (Å²) >= 11 is 6.50. The first-order valence-corrected chi connectivity index (χ1v) is 12.1. The summed E-state index contributed by atoms with van der Waals surface area (Å²) in [5, 5.41) is 4.27. The van der Waals surface area contributed by atoms with Crippen molar-refractivity contribution in [1.82, 2.24) is 10.6 Å². The van der Waals surface area contributed by atoms with E-state index in [1.807, 2.05) is 59.2 Å². The third kappa shape index (κ3) is 6.43. The van der Waals surface area contributed by atoms with Gasteiger partial charge in [-0.05, 0) is 54.0 Å². The van der Waals surface area contributed by atoms with Crippen LogP contribution >= 0.6 is 11.6 Å². The number of amides is 4. The van der Waals surface area contributed by atoms with Gasteiger partial charge >= 0.3 is 6.03 Å². The lowest BCUT2D eigenvalue weighted by atomic mass is 10.1. The summed E-state index contributed by atoms with van der Waals surface area (Å²) in [4.78, 5) is 35.4. The van der Waals surface area contributed by atoms with Crippen LogP contribution in [-0.2, 0) is 22.8 Å². The Bertz CT molecular complexity index is 1370. The summed E-state index contributed by atoms with van der Waals surface area (Å²) < 4.78 is 23.1. The highest BCUT2D eigenvalue weighted by atomic mass is 35.5. The van der Waals surface area contributed by atoms with Crippen molar-refractivity contribution in [2.24, 2.45) is 0 Å². The Morgan fingerprint density at radius 2 is 1.50 bits per heavy atom. The lowest BCUT2D eigenvalue weighted by molar-refractivity contribution is -0.123. The third-order valence-electron chi connectivity index (χ3n) is 5.43. The summed E-state index contributed by atoms with van der Waals surface area (Å²) in [6.45, 7) is 2.68. The molecule has 4 rings (SSSR count). The van der Waals surface area contributed by atoms with E-state index < -0.39 is 17.8 Å². The molecule has 0 spiro atoms. The first-order valence-electron chi connectivity index (χ1n) is 11.7. The number of benzene rings is 3. The molecule has 3 aromatic carbocycles. The molecule has 10 heteroatoms. The molecule has 1 heterocycles. The third-order valence-corrected chi connectivity index (χ3v) is 5.72. The highest BCUT2D eigenvalue weighted by molar-refractivity contribution is 6.33. The quantitative estimate of drug-likeness (QED) is 0.286. The zero-order chi connectivity index (χ0) is 27.1. The molecule has 9 nitrogen and oxygen atoms in total. The fraction of sp³-hybridized carbons (Fsp3) is 0.179. The summed E-state index contributed by atoms with van der Waals surface area (Å²) in [6.07, 6.45) is 1.31. The maximum atomic E-state index is 12.1. The van der Waals surface area contributed by atoms with Crippen LogP contribution in [0.5, 0.6) is 23.0 Å². The molecule has 0 bridgehead atoms. The number of nitrogens with one attached hydrogen (secondary N) is 2. The first-order chi connectivity index (χ1) is 18.4. The molecule has 196 valence electrons. The van der Waals surface area contributed by atoms with Gasteiger partial charge in [0.25, 0.3) is 11.8 Å². The number of halogens is 1. The Kier molecular flexibility index (Phi) is 8.50. The van der Waals surface area contributed by atoms with Gasteiger partial charge in [-0.25, -0.2) is 4.79 Å². The van der Waals surface area contributed by atoms with Crippen molar-refractivity contribution in [2.75, 3.05) is 13.7 Å². The van der Waals surface area contributed by atoms with Gasteiger partial charge in [0.1, 0.15) is 18.8 Å². The maximum Gasteiger partial charge on any atom is 0.328 e. The predicted molar refractivity (Wildman–Crippen MR) is 140 cm³/mol. The Hall–Kier alpha value is -4.50. The molecule has 1 saturated heterocycles. The van der Waals surface area contributed by atoms with Crippen LogP contribution in [0.15, 0.2) is 66.2 Å². The number of carbonyl (C=O) groups excluding carboxylic acids is 3. The number of barbiturate groups is 1. The molecule has 0 unspecified atom stereocenters. The van der Waals surface area contributed by atoms with Crippen LogP contribution in [0.3, 0.4) is 0 Å². The van der Waals surface area contributed by atoms with Gasteiger partial charge in [-0.15, -0.1) is 0 Å². The molecule has 38 heavy (non-hydrogen) atoms. The Morgan fingerprint density at radius 3 is 2.18 bits per heavy atom. The first kappa shape index (κ1) is 26.6. The number of urea groups is 1. The second-order valence-corrected chi connectivity index (χ2v) is 8.51. The van der Waals surface area contributed by atoms with Gasteiger partial charge in [0, 0.05) is 0 Å². The van der Waals surface area contributed by atoms with Gasteiger partial charge in [-0.1, -0.05) is 48.0 Å². The van der Waals surface area contributed by atoms with Gasteiger partial charge in [0.05, 0.1) is 18.7 Å². The molecule has 1 aliphatic rings. The van der Waals surface area contributed by atoms with Crippen molar-refractivity contribution in [3.63, 3.8) is 0 Å². The van der Waals surface area contributed by atoms with E-state index in [0.717, 1.165) is 11.1 Å². The summed E-state index contributed by atoms with van der Waals surface area (Å²) in [5.74, 6) is 0.170. The van der Waals surface area contributed by atoms with Crippen molar-refractivity contribution in [3.8, 4) is 23.0 Å². The van der Waals surface area contributed by atoms with Crippen molar-refractivity contribution < 1.29 is 33.3 Å². The number of ether oxygens (including phenoxy) is 4. The Morgan fingerprint density at radius 1 is 0.789 bits per heavy atom. The molecule has 2 N–H and O–H groups in total. The molecule has 1 aliphatic heterocycles. The van der Waals surface area contributed by atoms with Gasteiger partial charge in [-0.2, -0.15) is 0 Å². The monoisotopic (exact) mass is 536 g/mol. The van der Waals surface area contributed by atoms with E-state index in [1.54, 1.807) is 20.1 Å². The number of rotatable bonds is 10. The van der Waals surface area contributed by atoms with E-state index in [-0.39, 0.29) is 17.2 Å². The van der Waals surface area contributed by atoms with Crippen LogP contribution in [0.4, 0.5) is 4.79 Å². The van der Waals surface area contributed by atoms with Crippen LogP contribution < -0.4 is 29.6 Å². The SMILES string of the molecule is CCOc1cc(C=C2C(=O)NC(=O)NC2=O)cc(Cl)c1OCc1ccc(OCc2ccccc2)c(OC)c1. The van der Waals surface area contributed by atoms with Crippen LogP contribution in [0.25, 0.3) is 6.08 Å². The standard InChI is InChI=1S/C28H25ClN2O7/c1-3-36-24-14-19(11-20-26(32)30-28(34)31-27(20)33)12-21(29)25(24)38-16-18-9-10-22(23(13-18)35-2)37-15-17-7-5-4-6-8-17/h4-14H,3,15-16H2,1-2H3,(H2,30,31,32,33,34). The molecule has 0 aromatic heterocycles. The zero-order valence-electron chi connectivity index (χ0n) is 20.7. The normalized spacial score (nSPS) is 12.9. The second kappa shape index (κ2) is 12.2. The maximum absolute atomic E-state index is 12.1. The number of methoxy groups -OCH3 is 1. The molecule has 0 atom stereocenters. The lowest BCUT2D eigenvalue weighted by Gasteiger charge is -2.17. The minimum atomic E-state index is -0.874. The van der Waals surface area contributed by atoms with Crippen LogP contribution in [0.1, 0.15) is 23.6 Å². The van der Waals surface area contributed by atoms with Gasteiger partial charge in [0.2, 0.25) is 0 Å². The average molecular weight is 537 g/mol. The molecule has 4 amide bonds. The van der Waals surface area contributed by atoms with Gasteiger partial charge in [-0.3, -0.25) is 20.2 Å². The van der Waals surface area contributed by atoms with E-state index in [1.165, 1.54) is 12.1 Å². The Labute approximate surface area is 224 Å². The summed E-state index contributed by atoms with van der Waals surface area (Å²) in [7, 11) is 1.56. The number of carbonyl (C=O) groups is 3. The van der Waals surface area contributed by atoms with Gasteiger partial charge in [0.15, 0.2) is 23.0 Å². The molecule has 1 fully saturated rings. The van der Waals surface area contributed by atoms with Crippen molar-refractivity contribution in [3.05, 3.63) is 87.9 Å². The van der Waals surface area contributed by atoms with Crippen LogP contribution in [0.2, 0.25) is 5.02 Å². The van der Waals surface area contributed by atoms with E-state index in [0.29, 0.717) is 41.8 Å². The minimum absolute atomic E-state index is 0.155. The molecular weight excluding hydrogens is 512 g/mol. The largest absolute Gasteiger partial charge is 0.493 e. The van der Waals surface area contributed by atoms with E-state index in [9.17, 15) is 14.4 Å². The smallest absolute Gasteiger partial charge is 0.328 e.